The van der Waals surface area contributed by atoms with Gasteiger partial charge in [0, 0.05) is 19.3 Å². The lowest BCUT2D eigenvalue weighted by Crippen LogP contribution is -2.24. The van der Waals surface area contributed by atoms with Gasteiger partial charge in [-0.05, 0) is 56.3 Å². The molecule has 2 rings (SSSR count). The molecule has 1 atom stereocenters. The zero-order valence-electron chi connectivity index (χ0n) is 11.2. The monoisotopic (exact) mass is 251 g/mol. The van der Waals surface area contributed by atoms with Gasteiger partial charge in [-0.15, -0.1) is 0 Å². The van der Waals surface area contributed by atoms with Gasteiger partial charge in [0.1, 0.15) is 5.82 Å². The molecule has 1 aromatic rings. The van der Waals surface area contributed by atoms with E-state index < -0.39 is 0 Å². The highest BCUT2D eigenvalue weighted by atomic mass is 19.1. The molecule has 1 fully saturated rings. The lowest BCUT2D eigenvalue weighted by Gasteiger charge is -2.27. The van der Waals surface area contributed by atoms with Crippen LogP contribution in [0.4, 0.5) is 4.39 Å². The van der Waals surface area contributed by atoms with Gasteiger partial charge in [0.15, 0.2) is 0 Å². The van der Waals surface area contributed by atoms with Crippen LogP contribution in [0.1, 0.15) is 36.4 Å². The molecule has 2 nitrogen and oxygen atoms in total. The van der Waals surface area contributed by atoms with E-state index in [1.165, 1.54) is 5.56 Å². The Morgan fingerprint density at radius 3 is 2.72 bits per heavy atom. The van der Waals surface area contributed by atoms with Gasteiger partial charge in [-0.1, -0.05) is 12.1 Å². The number of nitrogens with one attached hydrogen (secondary N) is 1. The molecule has 0 aromatic heterocycles. The van der Waals surface area contributed by atoms with Crippen molar-refractivity contribution in [3.8, 4) is 0 Å². The van der Waals surface area contributed by atoms with Crippen molar-refractivity contribution in [2.45, 2.75) is 32.2 Å². The molecule has 0 radical (unpaired) electrons. The Bertz CT molecular complexity index is 388. The summed E-state index contributed by atoms with van der Waals surface area (Å²) in [5.41, 5.74) is 1.91. The first-order valence-electron chi connectivity index (χ1n) is 6.71. The molecule has 1 saturated heterocycles. The van der Waals surface area contributed by atoms with Crippen LogP contribution < -0.4 is 5.32 Å². The van der Waals surface area contributed by atoms with Crippen molar-refractivity contribution >= 4 is 0 Å². The lowest BCUT2D eigenvalue weighted by atomic mass is 9.89. The van der Waals surface area contributed by atoms with Gasteiger partial charge in [0.25, 0.3) is 0 Å². The predicted octanol–water partition coefficient (Wildman–Crippen LogP) is 3.21. The number of halogens is 1. The van der Waals surface area contributed by atoms with Crippen LogP contribution in [-0.2, 0) is 4.74 Å². The highest BCUT2D eigenvalue weighted by molar-refractivity contribution is 5.26. The maximum absolute atomic E-state index is 13.3. The van der Waals surface area contributed by atoms with Gasteiger partial charge in [-0.3, -0.25) is 0 Å². The zero-order chi connectivity index (χ0) is 13.0. The van der Waals surface area contributed by atoms with Crippen LogP contribution >= 0.6 is 0 Å². The van der Waals surface area contributed by atoms with Crippen LogP contribution in [0, 0.1) is 18.7 Å². The Balaban J connectivity index is 2.04. The topological polar surface area (TPSA) is 21.3 Å². The van der Waals surface area contributed by atoms with Crippen molar-refractivity contribution in [1.29, 1.82) is 0 Å². The van der Waals surface area contributed by atoms with E-state index in [1.54, 1.807) is 6.07 Å². The van der Waals surface area contributed by atoms with Crippen LogP contribution in [0.5, 0.6) is 0 Å². The first kappa shape index (κ1) is 13.5. The van der Waals surface area contributed by atoms with Gasteiger partial charge in [0.05, 0.1) is 0 Å². The maximum atomic E-state index is 13.3. The Labute approximate surface area is 109 Å². The normalized spacial score (nSPS) is 18.8. The van der Waals surface area contributed by atoms with Gasteiger partial charge in [0.2, 0.25) is 0 Å². The molecule has 1 heterocycles. The number of ether oxygens (including phenoxy) is 1. The minimum Gasteiger partial charge on any atom is -0.381 e. The molecule has 1 aliphatic heterocycles. The second kappa shape index (κ2) is 6.30. The zero-order valence-corrected chi connectivity index (χ0v) is 11.2. The van der Waals surface area contributed by atoms with E-state index in [9.17, 15) is 4.39 Å². The van der Waals surface area contributed by atoms with E-state index in [0.29, 0.717) is 12.0 Å². The van der Waals surface area contributed by atoms with E-state index in [2.05, 4.69) is 5.32 Å². The maximum Gasteiger partial charge on any atom is 0.126 e. The lowest BCUT2D eigenvalue weighted by molar-refractivity contribution is 0.0608. The average molecular weight is 251 g/mol. The fourth-order valence-corrected chi connectivity index (χ4v) is 2.62. The van der Waals surface area contributed by atoms with Crippen molar-refractivity contribution in [2.24, 2.45) is 5.92 Å². The molecule has 0 spiro atoms. The molecule has 1 aliphatic rings. The van der Waals surface area contributed by atoms with Crippen LogP contribution in [0.3, 0.4) is 0 Å². The first-order chi connectivity index (χ1) is 8.70. The van der Waals surface area contributed by atoms with Gasteiger partial charge in [-0.25, -0.2) is 4.39 Å². The number of aryl methyl sites for hydroxylation is 1. The smallest absolute Gasteiger partial charge is 0.126 e. The summed E-state index contributed by atoms with van der Waals surface area (Å²) >= 11 is 0. The summed E-state index contributed by atoms with van der Waals surface area (Å²) in [6.07, 6.45) is 3.38. The minimum absolute atomic E-state index is 0.125. The van der Waals surface area contributed by atoms with Crippen molar-refractivity contribution in [2.75, 3.05) is 20.3 Å². The third kappa shape index (κ3) is 3.30. The molecule has 18 heavy (non-hydrogen) atoms. The highest BCUT2D eigenvalue weighted by Gasteiger charge is 2.19. The van der Waals surface area contributed by atoms with Gasteiger partial charge in [-0.2, -0.15) is 0 Å². The quantitative estimate of drug-likeness (QED) is 0.887. The van der Waals surface area contributed by atoms with E-state index in [0.717, 1.165) is 38.0 Å². The van der Waals surface area contributed by atoms with Crippen LogP contribution in [0.2, 0.25) is 0 Å². The molecular formula is C15H22FNO. The Kier molecular flexibility index (Phi) is 4.72. The van der Waals surface area contributed by atoms with E-state index in [-0.39, 0.29) is 5.82 Å². The van der Waals surface area contributed by atoms with Gasteiger partial charge >= 0.3 is 0 Å². The number of rotatable bonds is 4. The molecule has 0 amide bonds. The summed E-state index contributed by atoms with van der Waals surface area (Å²) in [5, 5.41) is 3.35. The van der Waals surface area contributed by atoms with Crippen molar-refractivity contribution in [1.82, 2.24) is 5.32 Å². The van der Waals surface area contributed by atoms with Crippen molar-refractivity contribution in [3.05, 3.63) is 35.1 Å². The SMILES string of the molecule is CNC(CC1CCOCC1)c1ccc(F)c(C)c1. The van der Waals surface area contributed by atoms with Crippen molar-refractivity contribution in [3.63, 3.8) is 0 Å². The fourth-order valence-electron chi connectivity index (χ4n) is 2.62. The summed E-state index contributed by atoms with van der Waals surface area (Å²) in [5.74, 6) is 0.584. The molecule has 0 saturated carbocycles. The van der Waals surface area contributed by atoms with E-state index in [1.807, 2.05) is 26.1 Å². The minimum atomic E-state index is -0.125. The molecule has 1 unspecified atom stereocenters. The summed E-state index contributed by atoms with van der Waals surface area (Å²) in [7, 11) is 1.97. The Morgan fingerprint density at radius 1 is 1.39 bits per heavy atom. The number of hydrogen-bond acceptors (Lipinski definition) is 2. The second-order valence-corrected chi connectivity index (χ2v) is 5.14. The second-order valence-electron chi connectivity index (χ2n) is 5.14. The van der Waals surface area contributed by atoms with Crippen LogP contribution in [0.15, 0.2) is 18.2 Å². The van der Waals surface area contributed by atoms with E-state index in [4.69, 9.17) is 4.74 Å². The first-order valence-corrected chi connectivity index (χ1v) is 6.71. The largest absolute Gasteiger partial charge is 0.381 e. The molecule has 0 aliphatic carbocycles. The summed E-state index contributed by atoms with van der Waals surface area (Å²) in [4.78, 5) is 0. The summed E-state index contributed by atoms with van der Waals surface area (Å²) < 4.78 is 18.7. The number of benzene rings is 1. The van der Waals surface area contributed by atoms with Gasteiger partial charge < -0.3 is 10.1 Å². The summed E-state index contributed by atoms with van der Waals surface area (Å²) in [6.45, 7) is 3.58. The van der Waals surface area contributed by atoms with Crippen molar-refractivity contribution < 1.29 is 9.13 Å². The fraction of sp³-hybridized carbons (Fsp3) is 0.600. The van der Waals surface area contributed by atoms with E-state index >= 15 is 0 Å². The average Bonchev–Trinajstić information content (AvgIpc) is 2.40. The predicted molar refractivity (Wildman–Crippen MR) is 71.1 cm³/mol. The van der Waals surface area contributed by atoms with Crippen LogP contribution in [-0.4, -0.2) is 20.3 Å². The standard InChI is InChI=1S/C15H22FNO/c1-11-9-13(3-4-14(11)16)15(17-2)10-12-5-7-18-8-6-12/h3-4,9,12,15,17H,5-8,10H2,1-2H3. The molecule has 100 valence electrons. The highest BCUT2D eigenvalue weighted by Crippen LogP contribution is 2.28. The third-order valence-corrected chi connectivity index (χ3v) is 3.84. The third-order valence-electron chi connectivity index (χ3n) is 3.84. The number of hydrogen-bond donors (Lipinski definition) is 1. The molecule has 0 bridgehead atoms. The summed E-state index contributed by atoms with van der Waals surface area (Å²) in [6, 6.07) is 5.73. The molecule has 1 aromatic carbocycles. The Hall–Kier alpha value is -0.930. The van der Waals surface area contributed by atoms with Crippen LogP contribution in [0.25, 0.3) is 0 Å². The Morgan fingerprint density at radius 2 is 2.11 bits per heavy atom. The molecule has 3 heteroatoms. The molecular weight excluding hydrogens is 229 g/mol. The molecule has 1 N–H and O–H groups in total.